The zero-order valence-corrected chi connectivity index (χ0v) is 17.7. The van der Waals surface area contributed by atoms with Crippen molar-refractivity contribution in [2.75, 3.05) is 11.7 Å². The second kappa shape index (κ2) is 6.74. The number of nitrogens with zero attached hydrogens (tertiary/aromatic N) is 2. The highest BCUT2D eigenvalue weighted by Gasteiger charge is 2.51. The lowest BCUT2D eigenvalue weighted by atomic mass is 9.71. The van der Waals surface area contributed by atoms with Crippen LogP contribution in [-0.4, -0.2) is 17.6 Å². The van der Waals surface area contributed by atoms with E-state index in [1.54, 1.807) is 11.0 Å². The van der Waals surface area contributed by atoms with Gasteiger partial charge in [-0.25, -0.2) is 0 Å². The van der Waals surface area contributed by atoms with Crippen molar-refractivity contribution in [3.05, 3.63) is 76.9 Å². The Kier molecular flexibility index (Phi) is 4.10. The van der Waals surface area contributed by atoms with E-state index in [-0.39, 0.29) is 31.4 Å². The largest absolute Gasteiger partial charge is 0.486 e. The van der Waals surface area contributed by atoms with Crippen molar-refractivity contribution in [1.29, 1.82) is 0 Å². The molecule has 1 spiro atoms. The fourth-order valence-electron chi connectivity index (χ4n) is 4.78. The van der Waals surface area contributed by atoms with Crippen molar-refractivity contribution in [1.82, 2.24) is 0 Å². The normalized spacial score (nSPS) is 20.8. The van der Waals surface area contributed by atoms with Gasteiger partial charge in [0.1, 0.15) is 5.76 Å². The average Bonchev–Trinajstić information content (AvgIpc) is 3.48. The third-order valence-electron chi connectivity index (χ3n) is 6.16. The van der Waals surface area contributed by atoms with Crippen LogP contribution in [0.3, 0.4) is 0 Å². The van der Waals surface area contributed by atoms with Crippen LogP contribution in [0.15, 0.2) is 57.9 Å². The number of aliphatic imine (C=N–C) groups is 1. The Labute approximate surface area is 191 Å². The summed E-state index contributed by atoms with van der Waals surface area (Å²) < 4.78 is 55.3. The minimum absolute atomic E-state index is 0.0258. The lowest BCUT2D eigenvalue weighted by molar-refractivity contribution is -0.153. The van der Waals surface area contributed by atoms with Gasteiger partial charge in [0.05, 0.1) is 16.9 Å². The molecule has 1 unspecified atom stereocenters. The highest BCUT2D eigenvalue weighted by atomic mass is 32.1. The lowest BCUT2D eigenvalue weighted by Gasteiger charge is -2.39. The van der Waals surface area contributed by atoms with Gasteiger partial charge >= 0.3 is 6.18 Å². The van der Waals surface area contributed by atoms with Crippen molar-refractivity contribution in [2.45, 2.75) is 24.6 Å². The number of alkyl halides is 3. The Morgan fingerprint density at radius 1 is 1.06 bits per heavy atom. The van der Waals surface area contributed by atoms with E-state index in [1.807, 2.05) is 30.3 Å². The SMILES string of the molecule is [NH-]C1=Nc2cc3c(cc2C2(C1)C(=S)N(Cc1ccc(C(F)(F)F)o1)c1ccccc12)OCO3. The molecule has 0 bridgehead atoms. The van der Waals surface area contributed by atoms with Crippen LogP contribution in [0.4, 0.5) is 24.5 Å². The standard InChI is InChI=1S/C23H15F3N3O3S/c24-23(25,26)19-6-5-12(32-19)10-29-16-4-2-1-3-13(16)22(21(29)33)9-20(27)28-15-8-18-17(7-14(15)22)30-11-31-18/h1-8H,9-11H2,(H-,27,28)/q-1. The summed E-state index contributed by atoms with van der Waals surface area (Å²) in [6, 6.07) is 13.3. The van der Waals surface area contributed by atoms with Gasteiger partial charge < -0.3 is 29.5 Å². The topological polar surface area (TPSA) is 71.0 Å². The van der Waals surface area contributed by atoms with Gasteiger partial charge in [0.15, 0.2) is 11.5 Å². The molecule has 0 saturated carbocycles. The number of hydrogen-bond donors (Lipinski definition) is 0. The summed E-state index contributed by atoms with van der Waals surface area (Å²) in [7, 11) is 0. The van der Waals surface area contributed by atoms with E-state index in [0.29, 0.717) is 22.2 Å². The van der Waals surface area contributed by atoms with E-state index in [2.05, 4.69) is 4.99 Å². The molecule has 0 saturated heterocycles. The van der Waals surface area contributed by atoms with Gasteiger partial charge in [-0.3, -0.25) is 0 Å². The maximum atomic E-state index is 13.0. The number of benzene rings is 2. The number of hydrogen-bond acceptors (Lipinski definition) is 5. The Bertz CT molecular complexity index is 1350. The van der Waals surface area contributed by atoms with Crippen LogP contribution in [0, 0.1) is 0 Å². The summed E-state index contributed by atoms with van der Waals surface area (Å²) in [6.45, 7) is 0.119. The minimum Gasteiger partial charge on any atom is -0.486 e. The summed E-state index contributed by atoms with van der Waals surface area (Å²) in [4.78, 5) is 6.66. The Morgan fingerprint density at radius 2 is 1.82 bits per heavy atom. The minimum atomic E-state index is -4.57. The number of anilines is 1. The van der Waals surface area contributed by atoms with E-state index in [1.165, 1.54) is 6.07 Å². The van der Waals surface area contributed by atoms with E-state index in [9.17, 15) is 13.2 Å². The quantitative estimate of drug-likeness (QED) is 0.421. The van der Waals surface area contributed by atoms with Crippen LogP contribution < -0.4 is 14.4 Å². The molecule has 4 heterocycles. The molecule has 0 amide bonds. The van der Waals surface area contributed by atoms with E-state index >= 15 is 0 Å². The Morgan fingerprint density at radius 3 is 2.58 bits per heavy atom. The molecule has 1 aromatic heterocycles. The predicted molar refractivity (Wildman–Crippen MR) is 118 cm³/mol. The summed E-state index contributed by atoms with van der Waals surface area (Å²) in [5.74, 6) is 0.348. The molecule has 1 atom stereocenters. The summed E-state index contributed by atoms with van der Waals surface area (Å²) in [5, 5.41) is 0. The lowest BCUT2D eigenvalue weighted by Crippen LogP contribution is -2.42. The van der Waals surface area contributed by atoms with Crippen LogP contribution in [0.1, 0.15) is 29.1 Å². The molecule has 10 heteroatoms. The fraction of sp³-hybridized carbons (Fsp3) is 0.217. The number of rotatable bonds is 2. The van der Waals surface area contributed by atoms with Crippen molar-refractivity contribution >= 4 is 34.4 Å². The first-order valence-corrected chi connectivity index (χ1v) is 10.5. The van der Waals surface area contributed by atoms with Gasteiger partial charge in [0, 0.05) is 5.69 Å². The molecule has 33 heavy (non-hydrogen) atoms. The molecule has 6 nitrogen and oxygen atoms in total. The van der Waals surface area contributed by atoms with E-state index in [4.69, 9.17) is 31.8 Å². The second-order valence-electron chi connectivity index (χ2n) is 8.04. The first-order valence-electron chi connectivity index (χ1n) is 10.1. The third kappa shape index (κ3) is 2.86. The van der Waals surface area contributed by atoms with Gasteiger partial charge in [-0.1, -0.05) is 36.3 Å². The van der Waals surface area contributed by atoms with Crippen molar-refractivity contribution in [2.24, 2.45) is 4.99 Å². The first kappa shape index (κ1) is 20.1. The van der Waals surface area contributed by atoms with Crippen molar-refractivity contribution < 1.29 is 27.1 Å². The maximum Gasteiger partial charge on any atom is 0.449 e. The number of amidine groups is 1. The average molecular weight is 470 g/mol. The molecule has 6 rings (SSSR count). The van der Waals surface area contributed by atoms with Crippen LogP contribution in [-0.2, 0) is 18.1 Å². The number of thiocarbonyl (C=S) groups is 1. The number of furan rings is 1. The zero-order valence-electron chi connectivity index (χ0n) is 16.9. The predicted octanol–water partition coefficient (Wildman–Crippen LogP) is 6.15. The highest BCUT2D eigenvalue weighted by molar-refractivity contribution is 7.80. The molecule has 3 aliphatic rings. The van der Waals surface area contributed by atoms with Gasteiger partial charge in [0.2, 0.25) is 12.6 Å². The molecule has 3 aromatic rings. The first-order chi connectivity index (χ1) is 15.8. The smallest absolute Gasteiger partial charge is 0.449 e. The van der Waals surface area contributed by atoms with Gasteiger partial charge in [-0.15, -0.1) is 0 Å². The van der Waals surface area contributed by atoms with E-state index in [0.717, 1.165) is 22.9 Å². The fourth-order valence-corrected chi connectivity index (χ4v) is 5.24. The second-order valence-corrected chi connectivity index (χ2v) is 8.42. The Balaban J connectivity index is 1.49. The van der Waals surface area contributed by atoms with Gasteiger partial charge in [-0.05, 0) is 53.6 Å². The zero-order chi connectivity index (χ0) is 23.0. The molecule has 168 valence electrons. The molecule has 1 N–H and O–H groups in total. The number of halogens is 3. The van der Waals surface area contributed by atoms with Crippen molar-refractivity contribution in [3.63, 3.8) is 0 Å². The van der Waals surface area contributed by atoms with Crippen LogP contribution >= 0.6 is 12.2 Å². The number of ether oxygens (including phenoxy) is 2. The molecule has 0 radical (unpaired) electrons. The van der Waals surface area contributed by atoms with Gasteiger partial charge in [-0.2, -0.15) is 13.2 Å². The monoisotopic (exact) mass is 470 g/mol. The molecular weight excluding hydrogens is 455 g/mol. The van der Waals surface area contributed by atoms with E-state index < -0.39 is 17.4 Å². The number of nitrogens with one attached hydrogen (secondary N) is 1. The van der Waals surface area contributed by atoms with Crippen molar-refractivity contribution in [3.8, 4) is 11.5 Å². The third-order valence-corrected chi connectivity index (χ3v) is 6.73. The summed E-state index contributed by atoms with van der Waals surface area (Å²) >= 11 is 5.97. The van der Waals surface area contributed by atoms with Crippen LogP contribution in [0.5, 0.6) is 11.5 Å². The molecule has 0 aliphatic carbocycles. The maximum absolute atomic E-state index is 13.0. The molecule has 2 aromatic carbocycles. The Hall–Kier alpha value is -3.53. The highest BCUT2D eigenvalue weighted by Crippen LogP contribution is 2.56. The summed E-state index contributed by atoms with van der Waals surface area (Å²) in [6.07, 6.45) is -4.35. The summed E-state index contributed by atoms with van der Waals surface area (Å²) in [5.41, 5.74) is 10.5. The number of fused-ring (bicyclic) bond motifs is 5. The molecule has 0 fully saturated rings. The number of para-hydroxylation sites is 1. The molecule has 3 aliphatic heterocycles. The molecular formula is C23H15F3N3O3S-. The van der Waals surface area contributed by atoms with Gasteiger partial charge in [0.25, 0.3) is 0 Å². The van der Waals surface area contributed by atoms with Crippen LogP contribution in [0.2, 0.25) is 0 Å². The van der Waals surface area contributed by atoms with Crippen LogP contribution in [0.25, 0.3) is 5.73 Å².